The highest BCUT2D eigenvalue weighted by Gasteiger charge is 2.57. The minimum Gasteiger partial charge on any atom is -0.469 e. The minimum atomic E-state index is -1.10. The van der Waals surface area contributed by atoms with Crippen LogP contribution in [0.25, 0.3) is 0 Å². The molecule has 0 aromatic rings. The lowest BCUT2D eigenvalue weighted by molar-refractivity contribution is -0.195. The molecule has 7 nitrogen and oxygen atoms in total. The molecule has 10 atom stereocenters. The molecule has 230 valence electrons. The van der Waals surface area contributed by atoms with Crippen LogP contribution < -0.4 is 0 Å². The summed E-state index contributed by atoms with van der Waals surface area (Å²) >= 11 is 2.30. The molecule has 0 aromatic heterocycles. The third kappa shape index (κ3) is 9.33. The molecule has 9 heteroatoms. The monoisotopic (exact) mass is 680 g/mol. The van der Waals surface area contributed by atoms with E-state index in [1.165, 1.54) is 7.11 Å². The van der Waals surface area contributed by atoms with E-state index in [-0.39, 0.29) is 52.6 Å². The van der Waals surface area contributed by atoms with Crippen molar-refractivity contribution in [3.05, 3.63) is 12.2 Å². The summed E-state index contributed by atoms with van der Waals surface area (Å²) in [5, 5.41) is 0. The normalized spacial score (nSPS) is 36.0. The highest BCUT2D eigenvalue weighted by molar-refractivity contribution is 14.1. The molecule has 0 radical (unpaired) electrons. The van der Waals surface area contributed by atoms with Gasteiger partial charge < -0.3 is 28.4 Å². The third-order valence-corrected chi connectivity index (χ3v) is 10.1. The Morgan fingerprint density at radius 2 is 1.80 bits per heavy atom. The minimum absolute atomic E-state index is 0.0119. The van der Waals surface area contributed by atoms with Gasteiger partial charge in [-0.15, -0.1) is 0 Å². The van der Waals surface area contributed by atoms with Gasteiger partial charge in [0, 0.05) is 41.8 Å². The number of ether oxygens (including phenoxy) is 6. The number of carbonyl (C=O) groups excluding carboxylic acids is 1. The van der Waals surface area contributed by atoms with Crippen LogP contribution in [0.15, 0.2) is 12.2 Å². The van der Waals surface area contributed by atoms with Crippen molar-refractivity contribution in [1.29, 1.82) is 0 Å². The number of hydrogen-bond acceptors (Lipinski definition) is 7. The maximum Gasteiger partial charge on any atom is 0.305 e. The van der Waals surface area contributed by atoms with Crippen LogP contribution in [-0.2, 0) is 33.2 Å². The summed E-state index contributed by atoms with van der Waals surface area (Å²) in [6.07, 6.45) is 14.8. The number of rotatable bonds is 15. The number of methoxy groups -OCH3 is 1. The van der Waals surface area contributed by atoms with Gasteiger partial charge in [0.2, 0.25) is 0 Å². The fourth-order valence-corrected chi connectivity index (χ4v) is 7.58. The van der Waals surface area contributed by atoms with Crippen LogP contribution in [0.2, 0.25) is 0 Å². The Bertz CT molecular complexity index is 773. The summed E-state index contributed by atoms with van der Waals surface area (Å²) in [7, 11) is 1.40. The van der Waals surface area contributed by atoms with E-state index < -0.39 is 12.3 Å². The predicted molar refractivity (Wildman–Crippen MR) is 159 cm³/mol. The predicted octanol–water partition coefficient (Wildman–Crippen LogP) is 6.84. The molecule has 3 saturated heterocycles. The molecule has 0 amide bonds. The highest BCUT2D eigenvalue weighted by Crippen LogP contribution is 2.49. The zero-order valence-electron chi connectivity index (χ0n) is 24.4. The van der Waals surface area contributed by atoms with Gasteiger partial charge in [0.25, 0.3) is 0 Å². The summed E-state index contributed by atoms with van der Waals surface area (Å²) in [5.41, 5.74) is 0. The van der Waals surface area contributed by atoms with E-state index >= 15 is 4.39 Å². The number of unbranched alkanes of at least 4 members (excludes halogenated alkanes) is 2. The molecule has 5 unspecified atom stereocenters. The fraction of sp³-hybridized carbons (Fsp3) is 0.903. The van der Waals surface area contributed by atoms with Gasteiger partial charge in [-0.1, -0.05) is 60.9 Å². The van der Waals surface area contributed by atoms with Crippen LogP contribution in [0.5, 0.6) is 0 Å². The Morgan fingerprint density at radius 3 is 2.48 bits per heavy atom. The van der Waals surface area contributed by atoms with Crippen LogP contribution in [-0.4, -0.2) is 73.4 Å². The molecule has 0 N–H and O–H groups in total. The lowest BCUT2D eigenvalue weighted by atomic mass is 9.87. The van der Waals surface area contributed by atoms with Crippen molar-refractivity contribution in [2.24, 2.45) is 11.8 Å². The number of alkyl halides is 2. The molecule has 4 fully saturated rings. The van der Waals surface area contributed by atoms with Crippen molar-refractivity contribution in [1.82, 2.24) is 0 Å². The quantitative estimate of drug-likeness (QED) is 0.0617. The van der Waals surface area contributed by atoms with Gasteiger partial charge in [-0.05, 0) is 57.8 Å². The Kier molecular flexibility index (Phi) is 13.9. The molecular weight excluding hydrogens is 630 g/mol. The fourth-order valence-electron chi connectivity index (χ4n) is 6.57. The van der Waals surface area contributed by atoms with E-state index in [0.717, 1.165) is 70.8 Å². The molecule has 4 rings (SSSR count). The molecule has 0 aromatic carbocycles. The van der Waals surface area contributed by atoms with Crippen LogP contribution in [0.3, 0.4) is 0 Å². The van der Waals surface area contributed by atoms with Gasteiger partial charge in [-0.3, -0.25) is 4.79 Å². The van der Waals surface area contributed by atoms with Crippen molar-refractivity contribution in [2.45, 2.75) is 144 Å². The molecular formula is C31H50FIO7. The van der Waals surface area contributed by atoms with Crippen molar-refractivity contribution >= 4 is 28.6 Å². The largest absolute Gasteiger partial charge is 0.469 e. The van der Waals surface area contributed by atoms with Crippen molar-refractivity contribution in [3.63, 3.8) is 0 Å². The summed E-state index contributed by atoms with van der Waals surface area (Å²) in [6, 6.07) is 0. The molecule has 40 heavy (non-hydrogen) atoms. The highest BCUT2D eigenvalue weighted by atomic mass is 127. The van der Waals surface area contributed by atoms with E-state index in [4.69, 9.17) is 28.4 Å². The number of hydrogen-bond donors (Lipinski definition) is 0. The van der Waals surface area contributed by atoms with Gasteiger partial charge in [0.1, 0.15) is 12.3 Å². The van der Waals surface area contributed by atoms with Crippen LogP contribution in [0.4, 0.5) is 4.39 Å². The topological polar surface area (TPSA) is 72.5 Å². The van der Waals surface area contributed by atoms with Crippen molar-refractivity contribution < 1.29 is 37.6 Å². The summed E-state index contributed by atoms with van der Waals surface area (Å²) in [5.74, 6) is -0.609. The summed E-state index contributed by atoms with van der Waals surface area (Å²) in [6.45, 7) is 3.67. The zero-order valence-corrected chi connectivity index (χ0v) is 26.5. The van der Waals surface area contributed by atoms with Crippen LogP contribution in [0.1, 0.15) is 96.8 Å². The second kappa shape index (κ2) is 17.1. The Hall–Kier alpha value is -0.330. The number of esters is 1. The smallest absolute Gasteiger partial charge is 0.305 e. The molecule has 0 spiro atoms. The molecule has 3 heterocycles. The molecule has 1 aliphatic carbocycles. The standard InChI is InChI=1S/C31H50FIO7/c1-3-4-5-11-21(38-27-14-6-8-18-36-27)16-17-22-24(39-28-15-7-9-19-37-28)20-25-29(22)30(32)31(40-25)23(33)12-10-13-26(34)35-2/h16-17,21-25,27-31H,3-15,18-20H2,1-2H3/b17-16+/t21-,22-,23?,24+,25-,27?,28?,29+,30?,31?/m0/s1. The van der Waals surface area contributed by atoms with E-state index in [9.17, 15) is 4.79 Å². The maximum absolute atomic E-state index is 16.2. The first-order chi connectivity index (χ1) is 19.5. The van der Waals surface area contributed by atoms with Gasteiger partial charge in [-0.25, -0.2) is 4.39 Å². The third-order valence-electron chi connectivity index (χ3n) is 8.80. The van der Waals surface area contributed by atoms with E-state index in [1.807, 2.05) is 0 Å². The van der Waals surface area contributed by atoms with Gasteiger partial charge in [0.15, 0.2) is 12.6 Å². The maximum atomic E-state index is 16.2. The van der Waals surface area contributed by atoms with E-state index in [1.54, 1.807) is 0 Å². The number of halogens is 2. The SMILES string of the molecule is CCCCC[C@@H](/C=C/[C@@H]1[C@H]2C(F)C(C(I)CCCC(=O)OC)O[C@H]2C[C@H]1OC1CCCCO1)OC1CCCCO1. The molecule has 4 aliphatic rings. The first kappa shape index (κ1) is 32.6. The van der Waals surface area contributed by atoms with Crippen LogP contribution >= 0.6 is 22.6 Å². The van der Waals surface area contributed by atoms with Gasteiger partial charge in [0.05, 0.1) is 25.4 Å². The van der Waals surface area contributed by atoms with E-state index in [0.29, 0.717) is 32.3 Å². The Labute approximate surface area is 253 Å². The zero-order chi connectivity index (χ0) is 28.3. The van der Waals surface area contributed by atoms with Gasteiger partial charge in [-0.2, -0.15) is 0 Å². The average Bonchev–Trinajstić information content (AvgIpc) is 3.47. The first-order valence-electron chi connectivity index (χ1n) is 15.7. The lowest BCUT2D eigenvalue weighted by Crippen LogP contribution is -2.37. The summed E-state index contributed by atoms with van der Waals surface area (Å²) in [4.78, 5) is 11.5. The Balaban J connectivity index is 1.44. The van der Waals surface area contributed by atoms with Gasteiger partial charge >= 0.3 is 5.97 Å². The molecule has 3 aliphatic heterocycles. The average molecular weight is 681 g/mol. The second-order valence-corrected chi connectivity index (χ2v) is 13.4. The van der Waals surface area contributed by atoms with E-state index in [2.05, 4.69) is 41.7 Å². The second-order valence-electron chi connectivity index (χ2n) is 11.8. The Morgan fingerprint density at radius 1 is 1.05 bits per heavy atom. The first-order valence-corrected chi connectivity index (χ1v) is 17.0. The number of carbonyl (C=O) groups is 1. The van der Waals surface area contributed by atoms with Crippen molar-refractivity contribution in [2.75, 3.05) is 20.3 Å². The lowest BCUT2D eigenvalue weighted by Gasteiger charge is -2.31. The summed E-state index contributed by atoms with van der Waals surface area (Å²) < 4.78 is 52.0. The number of fused-ring (bicyclic) bond motifs is 1. The molecule has 0 bridgehead atoms. The molecule has 1 saturated carbocycles. The van der Waals surface area contributed by atoms with Crippen molar-refractivity contribution in [3.8, 4) is 0 Å². The van der Waals surface area contributed by atoms with Crippen LogP contribution in [0, 0.1) is 11.8 Å².